The molecule has 20 heavy (non-hydrogen) atoms. The fourth-order valence-electron chi connectivity index (χ4n) is 2.50. The molecule has 114 valence electrons. The molecule has 0 aromatic heterocycles. The van der Waals surface area contributed by atoms with Crippen LogP contribution in [0.25, 0.3) is 0 Å². The molecule has 2 nitrogen and oxygen atoms in total. The first-order valence-corrected chi connectivity index (χ1v) is 8.19. The normalized spacial score (nSPS) is 12.8. The summed E-state index contributed by atoms with van der Waals surface area (Å²) in [7, 11) is 0. The highest BCUT2D eigenvalue weighted by Crippen LogP contribution is 2.15. The lowest BCUT2D eigenvalue weighted by Crippen LogP contribution is -2.35. The van der Waals surface area contributed by atoms with E-state index in [4.69, 9.17) is 0 Å². The van der Waals surface area contributed by atoms with E-state index in [1.807, 2.05) is 12.1 Å². The first-order valence-electron chi connectivity index (χ1n) is 8.19. The second-order valence-corrected chi connectivity index (χ2v) is 5.80. The van der Waals surface area contributed by atoms with Crippen molar-refractivity contribution in [3.63, 3.8) is 0 Å². The monoisotopic (exact) mass is 277 g/mol. The van der Waals surface area contributed by atoms with Crippen molar-refractivity contribution >= 4 is 0 Å². The largest absolute Gasteiger partial charge is 0.508 e. The highest BCUT2D eigenvalue weighted by molar-refractivity contribution is 5.25. The highest BCUT2D eigenvalue weighted by Gasteiger charge is 2.12. The molecule has 0 radical (unpaired) electrons. The van der Waals surface area contributed by atoms with Gasteiger partial charge in [0.1, 0.15) is 5.75 Å². The summed E-state index contributed by atoms with van der Waals surface area (Å²) in [6.07, 6.45) is 7.43. The summed E-state index contributed by atoms with van der Waals surface area (Å²) in [6.45, 7) is 9.34. The second kappa shape index (κ2) is 9.82. The van der Waals surface area contributed by atoms with E-state index in [1.165, 1.54) is 50.8 Å². The highest BCUT2D eigenvalue weighted by atomic mass is 16.3. The second-order valence-electron chi connectivity index (χ2n) is 5.80. The van der Waals surface area contributed by atoms with Gasteiger partial charge in [-0.15, -0.1) is 0 Å². The average molecular weight is 277 g/mol. The van der Waals surface area contributed by atoms with Gasteiger partial charge in [-0.3, -0.25) is 0 Å². The molecule has 1 rings (SSSR count). The Balaban J connectivity index is 2.43. The molecule has 0 aliphatic carbocycles. The number of nitrogens with zero attached hydrogens (tertiary/aromatic N) is 1. The Bertz CT molecular complexity index is 339. The minimum Gasteiger partial charge on any atom is -0.508 e. The fourth-order valence-corrected chi connectivity index (χ4v) is 2.50. The number of aromatic hydroxyl groups is 1. The maximum absolute atomic E-state index is 9.31. The van der Waals surface area contributed by atoms with Crippen LogP contribution in [0.5, 0.6) is 5.75 Å². The van der Waals surface area contributed by atoms with Crippen molar-refractivity contribution < 1.29 is 5.11 Å². The van der Waals surface area contributed by atoms with Crippen molar-refractivity contribution in [3.05, 3.63) is 29.8 Å². The molecule has 1 aromatic rings. The van der Waals surface area contributed by atoms with E-state index < -0.39 is 0 Å². The molecule has 0 aliphatic heterocycles. The zero-order valence-electron chi connectivity index (χ0n) is 13.4. The van der Waals surface area contributed by atoms with Crippen LogP contribution >= 0.6 is 0 Å². The van der Waals surface area contributed by atoms with Crippen molar-refractivity contribution in [2.45, 2.75) is 65.3 Å². The van der Waals surface area contributed by atoms with Crippen LogP contribution in [0.2, 0.25) is 0 Å². The molecule has 0 saturated carbocycles. The van der Waals surface area contributed by atoms with E-state index >= 15 is 0 Å². The van der Waals surface area contributed by atoms with Gasteiger partial charge < -0.3 is 10.0 Å². The number of unbranched alkanes of at least 4 members (excludes halogenated alkanes) is 2. The molecule has 0 saturated heterocycles. The molecule has 0 aliphatic rings. The van der Waals surface area contributed by atoms with Crippen molar-refractivity contribution in [2.75, 3.05) is 13.1 Å². The summed E-state index contributed by atoms with van der Waals surface area (Å²) in [5, 5.41) is 9.31. The number of aryl methyl sites for hydroxylation is 1. The Morgan fingerprint density at radius 3 is 2.05 bits per heavy atom. The summed E-state index contributed by atoms with van der Waals surface area (Å²) in [4.78, 5) is 2.65. The van der Waals surface area contributed by atoms with Crippen LogP contribution < -0.4 is 0 Å². The lowest BCUT2D eigenvalue weighted by molar-refractivity contribution is 0.194. The van der Waals surface area contributed by atoms with Crippen LogP contribution in [0.4, 0.5) is 0 Å². The van der Waals surface area contributed by atoms with Crippen molar-refractivity contribution in [2.24, 2.45) is 0 Å². The van der Waals surface area contributed by atoms with Crippen LogP contribution in [0, 0.1) is 0 Å². The van der Waals surface area contributed by atoms with Gasteiger partial charge in [-0.1, -0.05) is 38.8 Å². The fraction of sp³-hybridized carbons (Fsp3) is 0.667. The first kappa shape index (κ1) is 17.0. The number of hydrogen-bond donors (Lipinski definition) is 1. The third-order valence-electron chi connectivity index (χ3n) is 4.01. The molecule has 0 spiro atoms. The molecule has 0 heterocycles. The Hall–Kier alpha value is -1.02. The lowest BCUT2D eigenvalue weighted by Gasteiger charge is -2.29. The van der Waals surface area contributed by atoms with Gasteiger partial charge in [-0.25, -0.2) is 0 Å². The number of benzene rings is 1. The molecule has 1 unspecified atom stereocenters. The third-order valence-corrected chi connectivity index (χ3v) is 4.01. The summed E-state index contributed by atoms with van der Waals surface area (Å²) in [5.74, 6) is 0.356. The van der Waals surface area contributed by atoms with E-state index in [2.05, 4.69) is 25.7 Å². The third kappa shape index (κ3) is 6.42. The van der Waals surface area contributed by atoms with Crippen molar-refractivity contribution in [1.82, 2.24) is 4.90 Å². The van der Waals surface area contributed by atoms with Gasteiger partial charge in [0.05, 0.1) is 0 Å². The number of rotatable bonds is 10. The summed E-state index contributed by atoms with van der Waals surface area (Å²) < 4.78 is 0. The molecular formula is C18H31NO. The Kier molecular flexibility index (Phi) is 8.36. The molecule has 2 heteroatoms. The summed E-state index contributed by atoms with van der Waals surface area (Å²) in [6, 6.07) is 8.27. The molecule has 1 atom stereocenters. The Morgan fingerprint density at radius 1 is 1.00 bits per heavy atom. The van der Waals surface area contributed by atoms with E-state index in [0.717, 1.165) is 6.42 Å². The van der Waals surface area contributed by atoms with E-state index in [9.17, 15) is 5.11 Å². The van der Waals surface area contributed by atoms with E-state index in [0.29, 0.717) is 11.8 Å². The maximum Gasteiger partial charge on any atom is 0.115 e. The average Bonchev–Trinajstić information content (AvgIpc) is 2.46. The number of phenols is 1. The van der Waals surface area contributed by atoms with Crippen LogP contribution in [-0.2, 0) is 6.42 Å². The number of hydrogen-bond acceptors (Lipinski definition) is 2. The summed E-state index contributed by atoms with van der Waals surface area (Å²) in [5.41, 5.74) is 1.32. The quantitative estimate of drug-likeness (QED) is 0.675. The molecule has 0 bridgehead atoms. The van der Waals surface area contributed by atoms with Gasteiger partial charge in [0, 0.05) is 6.04 Å². The van der Waals surface area contributed by atoms with Gasteiger partial charge in [0.2, 0.25) is 0 Å². The van der Waals surface area contributed by atoms with Crippen LogP contribution in [0.15, 0.2) is 24.3 Å². The zero-order valence-corrected chi connectivity index (χ0v) is 13.4. The minimum absolute atomic E-state index is 0.356. The Morgan fingerprint density at radius 2 is 1.55 bits per heavy atom. The van der Waals surface area contributed by atoms with Crippen molar-refractivity contribution in [3.8, 4) is 5.75 Å². The standard InChI is InChI=1S/C18H31NO/c1-4-6-14-19(15-7-5-2)16(3)8-9-17-10-12-18(20)13-11-17/h10-13,16,20H,4-9,14-15H2,1-3H3. The topological polar surface area (TPSA) is 23.5 Å². The molecular weight excluding hydrogens is 246 g/mol. The smallest absolute Gasteiger partial charge is 0.115 e. The minimum atomic E-state index is 0.356. The lowest BCUT2D eigenvalue weighted by atomic mass is 10.0. The first-order chi connectivity index (χ1) is 9.67. The van der Waals surface area contributed by atoms with Crippen LogP contribution in [0.1, 0.15) is 58.4 Å². The van der Waals surface area contributed by atoms with E-state index in [-0.39, 0.29) is 0 Å². The SMILES string of the molecule is CCCCN(CCCC)C(C)CCc1ccc(O)cc1. The van der Waals surface area contributed by atoms with Gasteiger partial charge in [0.25, 0.3) is 0 Å². The van der Waals surface area contributed by atoms with Gasteiger partial charge in [0.15, 0.2) is 0 Å². The van der Waals surface area contributed by atoms with Gasteiger partial charge >= 0.3 is 0 Å². The molecule has 0 amide bonds. The number of phenolic OH excluding ortho intramolecular Hbond substituents is 1. The van der Waals surface area contributed by atoms with Crippen LogP contribution in [0.3, 0.4) is 0 Å². The van der Waals surface area contributed by atoms with Crippen LogP contribution in [-0.4, -0.2) is 29.1 Å². The predicted octanol–water partition coefficient (Wildman–Crippen LogP) is 4.62. The van der Waals surface area contributed by atoms with E-state index in [1.54, 1.807) is 12.1 Å². The zero-order chi connectivity index (χ0) is 14.8. The molecule has 0 fully saturated rings. The van der Waals surface area contributed by atoms with Crippen molar-refractivity contribution in [1.29, 1.82) is 0 Å². The molecule has 1 N–H and O–H groups in total. The molecule has 1 aromatic carbocycles. The summed E-state index contributed by atoms with van der Waals surface area (Å²) >= 11 is 0. The van der Waals surface area contributed by atoms with Gasteiger partial charge in [-0.2, -0.15) is 0 Å². The Labute approximate surface area is 124 Å². The predicted molar refractivity (Wildman–Crippen MR) is 87.3 cm³/mol. The maximum atomic E-state index is 9.31. The van der Waals surface area contributed by atoms with Gasteiger partial charge in [-0.05, 0) is 63.4 Å².